The summed E-state index contributed by atoms with van der Waals surface area (Å²) in [6, 6.07) is 9.80. The molecular formula is C19H18N2O5. The van der Waals surface area contributed by atoms with Crippen LogP contribution in [0.4, 0.5) is 11.4 Å². The Kier molecular flexibility index (Phi) is 5.17. The van der Waals surface area contributed by atoms with E-state index in [1.54, 1.807) is 42.5 Å². The van der Waals surface area contributed by atoms with Crippen molar-refractivity contribution in [1.29, 1.82) is 0 Å². The van der Waals surface area contributed by atoms with Crippen LogP contribution < -0.4 is 10.6 Å². The Balaban J connectivity index is 1.68. The maximum absolute atomic E-state index is 12.5. The molecule has 7 heteroatoms. The second kappa shape index (κ2) is 7.69. The molecule has 2 atom stereocenters. The van der Waals surface area contributed by atoms with E-state index in [0.29, 0.717) is 24.2 Å². The van der Waals surface area contributed by atoms with Crippen LogP contribution in [-0.2, 0) is 9.59 Å². The fourth-order valence-corrected chi connectivity index (χ4v) is 2.89. The summed E-state index contributed by atoms with van der Waals surface area (Å²) < 4.78 is 5.03. The lowest BCUT2D eigenvalue weighted by molar-refractivity contribution is -0.146. The smallest absolute Gasteiger partial charge is 0.307 e. The second-order valence-corrected chi connectivity index (χ2v) is 6.00. The molecule has 2 amide bonds. The van der Waals surface area contributed by atoms with Gasteiger partial charge in [-0.2, -0.15) is 0 Å². The van der Waals surface area contributed by atoms with Gasteiger partial charge in [-0.05, 0) is 43.2 Å². The first-order valence-corrected chi connectivity index (χ1v) is 8.18. The van der Waals surface area contributed by atoms with Gasteiger partial charge in [-0.1, -0.05) is 18.2 Å². The van der Waals surface area contributed by atoms with Gasteiger partial charge in [-0.3, -0.25) is 14.4 Å². The number of rotatable bonds is 5. The van der Waals surface area contributed by atoms with E-state index < -0.39 is 23.7 Å². The van der Waals surface area contributed by atoms with Crippen LogP contribution in [0.5, 0.6) is 0 Å². The summed E-state index contributed by atoms with van der Waals surface area (Å²) in [6.45, 7) is 0. The summed E-state index contributed by atoms with van der Waals surface area (Å²) in [7, 11) is 0. The standard InChI is InChI=1S/C19H18N2O5/c22-17(14-7-1-2-8-15(14)19(24)25)20-12-5-3-6-13(11-12)21-18(23)16-9-4-10-26-16/h1-6,9-11,14-15H,7-8H2,(H,20,22)(H,21,23)(H,24,25)/t14-,15-/m1/s1. The quantitative estimate of drug-likeness (QED) is 0.715. The molecule has 1 aliphatic rings. The molecule has 1 aromatic carbocycles. The number of aliphatic carboxylic acids is 1. The zero-order valence-electron chi connectivity index (χ0n) is 13.8. The maximum Gasteiger partial charge on any atom is 0.307 e. The van der Waals surface area contributed by atoms with Crippen molar-refractivity contribution in [2.75, 3.05) is 10.6 Å². The van der Waals surface area contributed by atoms with Crippen LogP contribution >= 0.6 is 0 Å². The zero-order valence-corrected chi connectivity index (χ0v) is 13.8. The monoisotopic (exact) mass is 354 g/mol. The van der Waals surface area contributed by atoms with Crippen LogP contribution in [0.1, 0.15) is 23.4 Å². The lowest BCUT2D eigenvalue weighted by atomic mass is 9.82. The van der Waals surface area contributed by atoms with Crippen molar-refractivity contribution in [3.63, 3.8) is 0 Å². The number of carboxylic acids is 1. The van der Waals surface area contributed by atoms with E-state index in [4.69, 9.17) is 4.42 Å². The van der Waals surface area contributed by atoms with E-state index in [9.17, 15) is 19.5 Å². The lowest BCUT2D eigenvalue weighted by Gasteiger charge is -2.24. The fraction of sp³-hybridized carbons (Fsp3) is 0.211. The topological polar surface area (TPSA) is 109 Å². The Labute approximate surface area is 149 Å². The van der Waals surface area contributed by atoms with Crippen LogP contribution in [0.25, 0.3) is 0 Å². The first-order valence-electron chi connectivity index (χ1n) is 8.18. The second-order valence-electron chi connectivity index (χ2n) is 6.00. The number of anilines is 2. The molecule has 0 spiro atoms. The number of hydrogen-bond acceptors (Lipinski definition) is 4. The molecule has 0 unspecified atom stereocenters. The van der Waals surface area contributed by atoms with Gasteiger partial charge < -0.3 is 20.2 Å². The van der Waals surface area contributed by atoms with E-state index in [1.807, 2.05) is 6.08 Å². The normalized spacial score (nSPS) is 18.9. The SMILES string of the molecule is O=C(Nc1cccc(NC(=O)[C@@H]2CC=CC[C@H]2C(=O)O)c1)c1ccco1. The molecule has 0 radical (unpaired) electrons. The summed E-state index contributed by atoms with van der Waals surface area (Å²) >= 11 is 0. The van der Waals surface area contributed by atoms with Gasteiger partial charge in [0.1, 0.15) is 0 Å². The minimum Gasteiger partial charge on any atom is -0.481 e. The molecule has 1 aliphatic carbocycles. The van der Waals surface area contributed by atoms with Crippen LogP contribution in [0.15, 0.2) is 59.2 Å². The van der Waals surface area contributed by atoms with E-state index in [0.717, 1.165) is 0 Å². The third-order valence-corrected chi connectivity index (χ3v) is 4.22. The first-order chi connectivity index (χ1) is 12.5. The highest BCUT2D eigenvalue weighted by molar-refractivity contribution is 6.03. The molecule has 1 heterocycles. The molecule has 134 valence electrons. The van der Waals surface area contributed by atoms with Gasteiger partial charge in [0.25, 0.3) is 5.91 Å². The third kappa shape index (κ3) is 4.00. The van der Waals surface area contributed by atoms with Gasteiger partial charge in [0.05, 0.1) is 18.1 Å². The van der Waals surface area contributed by atoms with E-state index in [1.165, 1.54) is 6.26 Å². The lowest BCUT2D eigenvalue weighted by Crippen LogP contribution is -2.34. The fourth-order valence-electron chi connectivity index (χ4n) is 2.89. The number of benzene rings is 1. The van der Waals surface area contributed by atoms with Crippen LogP contribution in [-0.4, -0.2) is 22.9 Å². The average Bonchev–Trinajstić information content (AvgIpc) is 3.17. The van der Waals surface area contributed by atoms with Gasteiger partial charge in [0.2, 0.25) is 5.91 Å². The number of hydrogen-bond donors (Lipinski definition) is 3. The number of furan rings is 1. The molecule has 0 saturated carbocycles. The van der Waals surface area contributed by atoms with Crippen LogP contribution in [0.2, 0.25) is 0 Å². The molecule has 26 heavy (non-hydrogen) atoms. The molecule has 3 N–H and O–H groups in total. The summed E-state index contributed by atoms with van der Waals surface area (Å²) in [6.07, 6.45) is 5.74. The Bertz CT molecular complexity index is 841. The van der Waals surface area contributed by atoms with Crippen molar-refractivity contribution in [3.8, 4) is 0 Å². The minimum absolute atomic E-state index is 0.178. The zero-order chi connectivity index (χ0) is 18.5. The summed E-state index contributed by atoms with van der Waals surface area (Å²) in [5.41, 5.74) is 0.966. The van der Waals surface area contributed by atoms with E-state index in [2.05, 4.69) is 10.6 Å². The summed E-state index contributed by atoms with van der Waals surface area (Å²) in [5.74, 6) is -2.91. The predicted molar refractivity (Wildman–Crippen MR) is 94.7 cm³/mol. The summed E-state index contributed by atoms with van der Waals surface area (Å²) in [4.78, 5) is 35.8. The van der Waals surface area contributed by atoms with Crippen molar-refractivity contribution in [2.45, 2.75) is 12.8 Å². The van der Waals surface area contributed by atoms with E-state index in [-0.39, 0.29) is 11.7 Å². The van der Waals surface area contributed by atoms with Crippen molar-refractivity contribution in [1.82, 2.24) is 0 Å². The molecule has 0 fully saturated rings. The first kappa shape index (κ1) is 17.5. The van der Waals surface area contributed by atoms with Gasteiger partial charge in [0, 0.05) is 11.4 Å². The number of nitrogens with one attached hydrogen (secondary N) is 2. The highest BCUT2D eigenvalue weighted by Gasteiger charge is 2.33. The molecule has 0 aliphatic heterocycles. The number of allylic oxidation sites excluding steroid dienone is 2. The Morgan fingerprint density at radius 1 is 0.962 bits per heavy atom. The molecule has 1 aromatic heterocycles. The van der Waals surface area contributed by atoms with Crippen molar-refractivity contribution in [3.05, 3.63) is 60.6 Å². The molecule has 7 nitrogen and oxygen atoms in total. The molecule has 0 bridgehead atoms. The van der Waals surface area contributed by atoms with Crippen LogP contribution in [0, 0.1) is 11.8 Å². The van der Waals surface area contributed by atoms with Gasteiger partial charge in [0.15, 0.2) is 5.76 Å². The molecular weight excluding hydrogens is 336 g/mol. The Hall–Kier alpha value is -3.35. The highest BCUT2D eigenvalue weighted by atomic mass is 16.4. The van der Waals surface area contributed by atoms with Gasteiger partial charge in [-0.25, -0.2) is 0 Å². The van der Waals surface area contributed by atoms with Crippen molar-refractivity contribution in [2.24, 2.45) is 11.8 Å². The van der Waals surface area contributed by atoms with Gasteiger partial charge >= 0.3 is 5.97 Å². The largest absolute Gasteiger partial charge is 0.481 e. The molecule has 3 rings (SSSR count). The number of carbonyl (C=O) groups excluding carboxylic acids is 2. The maximum atomic E-state index is 12.5. The Morgan fingerprint density at radius 2 is 1.65 bits per heavy atom. The number of amides is 2. The van der Waals surface area contributed by atoms with Crippen molar-refractivity contribution < 1.29 is 23.9 Å². The number of carboxylic acid groups (broad SMARTS) is 1. The highest BCUT2D eigenvalue weighted by Crippen LogP contribution is 2.27. The van der Waals surface area contributed by atoms with Gasteiger partial charge in [-0.15, -0.1) is 0 Å². The van der Waals surface area contributed by atoms with E-state index >= 15 is 0 Å². The predicted octanol–water partition coefficient (Wildman–Crippen LogP) is 3.14. The third-order valence-electron chi connectivity index (χ3n) is 4.22. The molecule has 0 saturated heterocycles. The van der Waals surface area contributed by atoms with Crippen molar-refractivity contribution >= 4 is 29.2 Å². The average molecular weight is 354 g/mol. The number of carbonyl (C=O) groups is 3. The molecule has 2 aromatic rings. The Morgan fingerprint density at radius 3 is 2.31 bits per heavy atom. The summed E-state index contributed by atoms with van der Waals surface area (Å²) in [5, 5.41) is 14.7. The minimum atomic E-state index is -0.978. The van der Waals surface area contributed by atoms with Crippen LogP contribution in [0.3, 0.4) is 0 Å².